The number of nitrogens with one attached hydrogen (secondary N) is 1. The van der Waals surface area contributed by atoms with Crippen molar-refractivity contribution in [2.45, 2.75) is 32.4 Å². The van der Waals surface area contributed by atoms with Crippen LogP contribution in [0.4, 0.5) is 0 Å². The number of carbonyl (C=O) groups is 1. The predicted molar refractivity (Wildman–Crippen MR) is 85.7 cm³/mol. The molecule has 0 aliphatic rings. The Labute approximate surface area is 126 Å². The highest BCUT2D eigenvalue weighted by atomic mass is 16.1. The van der Waals surface area contributed by atoms with E-state index in [9.17, 15) is 4.79 Å². The van der Waals surface area contributed by atoms with Crippen molar-refractivity contribution < 1.29 is 4.79 Å². The van der Waals surface area contributed by atoms with Gasteiger partial charge >= 0.3 is 0 Å². The first-order valence-electron chi connectivity index (χ1n) is 7.22. The molecule has 2 aromatic rings. The number of amides is 1. The minimum Gasteiger partial charge on any atom is -0.350 e. The molecular formula is C18H22N2O. The van der Waals surface area contributed by atoms with E-state index in [0.29, 0.717) is 6.42 Å². The number of hydrogen-bond donors (Lipinski definition) is 2. The van der Waals surface area contributed by atoms with Crippen molar-refractivity contribution in [1.29, 1.82) is 0 Å². The van der Waals surface area contributed by atoms with Crippen molar-refractivity contribution in [2.75, 3.05) is 0 Å². The second-order valence-electron chi connectivity index (χ2n) is 5.42. The van der Waals surface area contributed by atoms with Crippen molar-refractivity contribution in [3.8, 4) is 0 Å². The monoisotopic (exact) mass is 282 g/mol. The normalized spacial score (nSPS) is 13.5. The molecule has 3 N–H and O–H groups in total. The molecule has 0 saturated heterocycles. The summed E-state index contributed by atoms with van der Waals surface area (Å²) in [6.45, 7) is 4.03. The molecule has 2 aromatic carbocycles. The van der Waals surface area contributed by atoms with Gasteiger partial charge in [-0.1, -0.05) is 60.2 Å². The summed E-state index contributed by atoms with van der Waals surface area (Å²) in [4.78, 5) is 12.1. The van der Waals surface area contributed by atoms with Gasteiger partial charge in [-0.25, -0.2) is 0 Å². The van der Waals surface area contributed by atoms with Gasteiger partial charge in [0.25, 0.3) is 0 Å². The maximum Gasteiger partial charge on any atom is 0.222 e. The number of benzene rings is 2. The number of hydrogen-bond acceptors (Lipinski definition) is 2. The van der Waals surface area contributed by atoms with E-state index >= 15 is 0 Å². The Morgan fingerprint density at radius 2 is 1.67 bits per heavy atom. The van der Waals surface area contributed by atoms with Gasteiger partial charge < -0.3 is 11.1 Å². The number of nitrogens with two attached hydrogens (primary N) is 1. The van der Waals surface area contributed by atoms with Crippen LogP contribution >= 0.6 is 0 Å². The molecule has 0 spiro atoms. The van der Waals surface area contributed by atoms with Gasteiger partial charge in [-0.3, -0.25) is 4.79 Å². The van der Waals surface area contributed by atoms with Crippen LogP contribution in [0.3, 0.4) is 0 Å². The van der Waals surface area contributed by atoms with Crippen molar-refractivity contribution in [1.82, 2.24) is 5.32 Å². The molecule has 21 heavy (non-hydrogen) atoms. The fourth-order valence-electron chi connectivity index (χ4n) is 2.26. The van der Waals surface area contributed by atoms with Crippen LogP contribution in [0.1, 0.15) is 42.1 Å². The van der Waals surface area contributed by atoms with Crippen molar-refractivity contribution in [3.05, 3.63) is 71.3 Å². The Kier molecular flexibility index (Phi) is 5.12. The molecule has 3 nitrogen and oxygen atoms in total. The van der Waals surface area contributed by atoms with Gasteiger partial charge in [-0.05, 0) is 25.0 Å². The van der Waals surface area contributed by atoms with Crippen LogP contribution in [0.5, 0.6) is 0 Å². The molecule has 2 atom stereocenters. The van der Waals surface area contributed by atoms with Crippen molar-refractivity contribution >= 4 is 5.91 Å². The first-order chi connectivity index (χ1) is 10.1. The Bertz CT molecular complexity index is 578. The molecule has 0 fully saturated rings. The van der Waals surface area contributed by atoms with E-state index < -0.39 is 0 Å². The van der Waals surface area contributed by atoms with E-state index in [1.807, 2.05) is 68.4 Å². The summed E-state index contributed by atoms with van der Waals surface area (Å²) < 4.78 is 0. The van der Waals surface area contributed by atoms with E-state index in [-0.39, 0.29) is 18.0 Å². The highest BCUT2D eigenvalue weighted by molar-refractivity contribution is 5.77. The molecule has 110 valence electrons. The van der Waals surface area contributed by atoms with Crippen molar-refractivity contribution in [3.63, 3.8) is 0 Å². The molecule has 2 rings (SSSR count). The topological polar surface area (TPSA) is 55.1 Å². The molecule has 3 heteroatoms. The average Bonchev–Trinajstić information content (AvgIpc) is 2.48. The van der Waals surface area contributed by atoms with Gasteiger partial charge in [0.2, 0.25) is 5.91 Å². The zero-order chi connectivity index (χ0) is 15.2. The summed E-state index contributed by atoms with van der Waals surface area (Å²) >= 11 is 0. The first kappa shape index (κ1) is 15.3. The lowest BCUT2D eigenvalue weighted by Gasteiger charge is -2.17. The van der Waals surface area contributed by atoms with Gasteiger partial charge in [-0.15, -0.1) is 0 Å². The summed E-state index contributed by atoms with van der Waals surface area (Å²) in [7, 11) is 0. The minimum absolute atomic E-state index is 0.0129. The largest absolute Gasteiger partial charge is 0.350 e. The van der Waals surface area contributed by atoms with Gasteiger partial charge in [0.15, 0.2) is 0 Å². The SMILES string of the molecule is Cc1ccc([C@H](C)NC(=O)CC(N)c2ccccc2)cc1. The van der Waals surface area contributed by atoms with E-state index in [4.69, 9.17) is 5.73 Å². The Hall–Kier alpha value is -2.13. The molecule has 0 heterocycles. The third kappa shape index (κ3) is 4.43. The van der Waals surface area contributed by atoms with E-state index in [1.165, 1.54) is 5.56 Å². The Morgan fingerprint density at radius 3 is 2.29 bits per heavy atom. The quantitative estimate of drug-likeness (QED) is 0.884. The summed E-state index contributed by atoms with van der Waals surface area (Å²) in [6, 6.07) is 17.6. The summed E-state index contributed by atoms with van der Waals surface area (Å²) in [5, 5.41) is 3.00. The summed E-state index contributed by atoms with van der Waals surface area (Å²) in [5.74, 6) is -0.0283. The molecule has 0 radical (unpaired) electrons. The number of aryl methyl sites for hydroxylation is 1. The van der Waals surface area contributed by atoms with Crippen LogP contribution in [-0.4, -0.2) is 5.91 Å². The fraction of sp³-hybridized carbons (Fsp3) is 0.278. The second kappa shape index (κ2) is 7.04. The van der Waals surface area contributed by atoms with Crippen LogP contribution in [0.15, 0.2) is 54.6 Å². The van der Waals surface area contributed by atoms with Gasteiger partial charge in [0, 0.05) is 12.5 Å². The summed E-state index contributed by atoms with van der Waals surface area (Å²) in [5.41, 5.74) is 9.36. The maximum atomic E-state index is 12.1. The predicted octanol–water partition coefficient (Wildman–Crippen LogP) is 3.26. The smallest absolute Gasteiger partial charge is 0.222 e. The van der Waals surface area contributed by atoms with E-state index in [2.05, 4.69) is 5.32 Å². The molecule has 1 unspecified atom stereocenters. The standard InChI is InChI=1S/C18H22N2O/c1-13-8-10-15(11-9-13)14(2)20-18(21)12-17(19)16-6-4-3-5-7-16/h3-11,14,17H,12,19H2,1-2H3,(H,20,21)/t14-,17?/m0/s1. The lowest BCUT2D eigenvalue weighted by Crippen LogP contribution is -2.29. The maximum absolute atomic E-state index is 12.1. The van der Waals surface area contributed by atoms with Crippen LogP contribution in [-0.2, 0) is 4.79 Å². The summed E-state index contributed by atoms with van der Waals surface area (Å²) in [6.07, 6.45) is 0.292. The second-order valence-corrected chi connectivity index (χ2v) is 5.42. The van der Waals surface area contributed by atoms with Crippen LogP contribution < -0.4 is 11.1 Å². The average molecular weight is 282 g/mol. The molecule has 0 aliphatic heterocycles. The Balaban J connectivity index is 1.91. The zero-order valence-electron chi connectivity index (χ0n) is 12.5. The highest BCUT2D eigenvalue weighted by Crippen LogP contribution is 2.16. The van der Waals surface area contributed by atoms with E-state index in [0.717, 1.165) is 11.1 Å². The number of carbonyl (C=O) groups excluding carboxylic acids is 1. The van der Waals surface area contributed by atoms with Gasteiger partial charge in [-0.2, -0.15) is 0 Å². The number of rotatable bonds is 5. The van der Waals surface area contributed by atoms with Gasteiger partial charge in [0.1, 0.15) is 0 Å². The van der Waals surface area contributed by atoms with Crippen molar-refractivity contribution in [2.24, 2.45) is 5.73 Å². The molecule has 1 amide bonds. The zero-order valence-corrected chi connectivity index (χ0v) is 12.5. The first-order valence-corrected chi connectivity index (χ1v) is 7.22. The van der Waals surface area contributed by atoms with Crippen LogP contribution in [0.25, 0.3) is 0 Å². The third-order valence-electron chi connectivity index (χ3n) is 3.59. The third-order valence-corrected chi connectivity index (χ3v) is 3.59. The fourth-order valence-corrected chi connectivity index (χ4v) is 2.26. The molecule has 0 aromatic heterocycles. The van der Waals surface area contributed by atoms with Crippen LogP contribution in [0, 0.1) is 6.92 Å². The molecule has 0 saturated carbocycles. The lowest BCUT2D eigenvalue weighted by molar-refractivity contribution is -0.122. The molecule has 0 bridgehead atoms. The van der Waals surface area contributed by atoms with E-state index in [1.54, 1.807) is 0 Å². The molecular weight excluding hydrogens is 260 g/mol. The molecule has 0 aliphatic carbocycles. The van der Waals surface area contributed by atoms with Gasteiger partial charge in [0.05, 0.1) is 6.04 Å². The highest BCUT2D eigenvalue weighted by Gasteiger charge is 2.14. The lowest BCUT2D eigenvalue weighted by atomic mass is 10.0. The Morgan fingerprint density at radius 1 is 1.05 bits per heavy atom. The minimum atomic E-state index is -0.267. The van der Waals surface area contributed by atoms with Crippen LogP contribution in [0.2, 0.25) is 0 Å².